The second-order valence-corrected chi connectivity index (χ2v) is 8.30. The fraction of sp³-hybridized carbons (Fsp3) is 0.231. The Morgan fingerprint density at radius 2 is 1.62 bits per heavy atom. The van der Waals surface area contributed by atoms with E-state index in [1.54, 1.807) is 0 Å². The topological polar surface area (TPSA) is 46.3 Å². The van der Waals surface area contributed by atoms with Crippen molar-refractivity contribution in [1.82, 2.24) is 10.3 Å². The van der Waals surface area contributed by atoms with Crippen LogP contribution in [-0.2, 0) is 19.6 Å². The van der Waals surface area contributed by atoms with E-state index >= 15 is 0 Å². The number of hydrogen-bond donors (Lipinski definition) is 2. The highest BCUT2D eigenvalue weighted by Crippen LogP contribution is 2.34. The third-order valence-electron chi connectivity index (χ3n) is 5.32. The van der Waals surface area contributed by atoms with Crippen LogP contribution in [0.5, 0.6) is 11.5 Å². The van der Waals surface area contributed by atoms with Crippen LogP contribution < -0.4 is 14.8 Å². The van der Waals surface area contributed by atoms with Crippen molar-refractivity contribution in [2.75, 3.05) is 13.2 Å². The standard InChI is InChI=1S/C26H26Cl2N2O2/c1-2-31-25-13-20(15-29-12-11-18-16-30-24-10-6-4-8-21(18)24)23(28)14-26(25)32-17-19-7-3-5-9-22(19)27/h3-10,13-14,16,29-30H,2,11-12,15,17H2,1H3. The molecule has 0 atom stereocenters. The van der Waals surface area contributed by atoms with E-state index in [9.17, 15) is 0 Å². The van der Waals surface area contributed by atoms with Gasteiger partial charge in [-0.3, -0.25) is 0 Å². The zero-order chi connectivity index (χ0) is 22.3. The molecule has 4 rings (SSSR count). The quantitative estimate of drug-likeness (QED) is 0.252. The largest absolute Gasteiger partial charge is 0.490 e. The number of fused-ring (bicyclic) bond motifs is 1. The summed E-state index contributed by atoms with van der Waals surface area (Å²) in [5.41, 5.74) is 4.35. The maximum Gasteiger partial charge on any atom is 0.163 e. The molecule has 4 nitrogen and oxygen atoms in total. The highest BCUT2D eigenvalue weighted by molar-refractivity contribution is 6.31. The zero-order valence-electron chi connectivity index (χ0n) is 18.0. The highest BCUT2D eigenvalue weighted by Gasteiger charge is 2.12. The van der Waals surface area contributed by atoms with E-state index in [4.69, 9.17) is 32.7 Å². The summed E-state index contributed by atoms with van der Waals surface area (Å²) in [6.45, 7) is 4.32. The molecule has 2 N–H and O–H groups in total. The molecule has 0 amide bonds. The first-order valence-corrected chi connectivity index (χ1v) is 11.5. The number of H-pyrrole nitrogens is 1. The van der Waals surface area contributed by atoms with Crippen molar-refractivity contribution in [1.29, 1.82) is 0 Å². The van der Waals surface area contributed by atoms with Gasteiger partial charge in [0.05, 0.1) is 6.61 Å². The molecule has 0 radical (unpaired) electrons. The molecule has 0 aliphatic heterocycles. The minimum absolute atomic E-state index is 0.346. The number of rotatable bonds is 10. The normalized spacial score (nSPS) is 11.1. The predicted molar refractivity (Wildman–Crippen MR) is 132 cm³/mol. The predicted octanol–water partition coefficient (Wildman–Crippen LogP) is 6.78. The third kappa shape index (κ3) is 5.39. The Kier molecular flexibility index (Phi) is 7.59. The van der Waals surface area contributed by atoms with Crippen LogP contribution in [0.2, 0.25) is 10.0 Å². The Balaban J connectivity index is 1.39. The smallest absolute Gasteiger partial charge is 0.163 e. The first kappa shape index (κ1) is 22.5. The van der Waals surface area contributed by atoms with Gasteiger partial charge in [0, 0.05) is 45.3 Å². The molecule has 3 aromatic carbocycles. The van der Waals surface area contributed by atoms with Crippen molar-refractivity contribution in [2.24, 2.45) is 0 Å². The van der Waals surface area contributed by atoms with Gasteiger partial charge in [0.2, 0.25) is 0 Å². The van der Waals surface area contributed by atoms with Crippen molar-refractivity contribution in [2.45, 2.75) is 26.5 Å². The molecule has 4 aromatic rings. The number of aromatic nitrogens is 1. The van der Waals surface area contributed by atoms with Crippen LogP contribution in [0.3, 0.4) is 0 Å². The Morgan fingerprint density at radius 3 is 2.47 bits per heavy atom. The summed E-state index contributed by atoms with van der Waals surface area (Å²) in [5.74, 6) is 1.29. The summed E-state index contributed by atoms with van der Waals surface area (Å²) >= 11 is 12.8. The van der Waals surface area contributed by atoms with Gasteiger partial charge in [0.1, 0.15) is 6.61 Å². The van der Waals surface area contributed by atoms with Crippen LogP contribution in [0.15, 0.2) is 66.9 Å². The van der Waals surface area contributed by atoms with E-state index in [2.05, 4.69) is 34.7 Å². The molecule has 0 saturated carbocycles. The minimum atomic E-state index is 0.346. The van der Waals surface area contributed by atoms with Crippen molar-refractivity contribution < 1.29 is 9.47 Å². The minimum Gasteiger partial charge on any atom is -0.490 e. The van der Waals surface area contributed by atoms with Crippen molar-refractivity contribution in [3.8, 4) is 11.5 Å². The molecule has 1 heterocycles. The molecular formula is C26H26Cl2N2O2. The zero-order valence-corrected chi connectivity index (χ0v) is 19.5. The van der Waals surface area contributed by atoms with Crippen molar-refractivity contribution in [3.05, 3.63) is 93.6 Å². The van der Waals surface area contributed by atoms with Gasteiger partial charge >= 0.3 is 0 Å². The van der Waals surface area contributed by atoms with E-state index < -0.39 is 0 Å². The van der Waals surface area contributed by atoms with Crippen LogP contribution in [0, 0.1) is 0 Å². The lowest BCUT2D eigenvalue weighted by molar-refractivity contribution is 0.269. The van der Waals surface area contributed by atoms with Gasteiger partial charge in [-0.15, -0.1) is 0 Å². The van der Waals surface area contributed by atoms with E-state index in [1.807, 2.05) is 49.4 Å². The first-order chi connectivity index (χ1) is 15.7. The number of ether oxygens (including phenoxy) is 2. The van der Waals surface area contributed by atoms with Crippen molar-refractivity contribution in [3.63, 3.8) is 0 Å². The van der Waals surface area contributed by atoms with Gasteiger partial charge in [-0.05, 0) is 49.2 Å². The van der Waals surface area contributed by atoms with Gasteiger partial charge < -0.3 is 19.8 Å². The molecule has 0 unspecified atom stereocenters. The van der Waals surface area contributed by atoms with Gasteiger partial charge in [-0.2, -0.15) is 0 Å². The maximum absolute atomic E-state index is 6.56. The Labute approximate surface area is 198 Å². The lowest BCUT2D eigenvalue weighted by Gasteiger charge is -2.16. The lowest BCUT2D eigenvalue weighted by atomic mass is 10.1. The average Bonchev–Trinajstić information content (AvgIpc) is 3.21. The second-order valence-electron chi connectivity index (χ2n) is 7.49. The van der Waals surface area contributed by atoms with E-state index in [0.29, 0.717) is 41.3 Å². The number of nitrogens with one attached hydrogen (secondary N) is 2. The Morgan fingerprint density at radius 1 is 0.844 bits per heavy atom. The molecule has 0 spiro atoms. The molecule has 1 aromatic heterocycles. The summed E-state index contributed by atoms with van der Waals surface area (Å²) in [6.07, 6.45) is 3.01. The molecule has 6 heteroatoms. The van der Waals surface area contributed by atoms with Gasteiger partial charge in [-0.1, -0.05) is 59.6 Å². The molecule has 0 bridgehead atoms. The van der Waals surface area contributed by atoms with E-state index in [0.717, 1.165) is 24.1 Å². The average molecular weight is 469 g/mol. The van der Waals surface area contributed by atoms with Crippen LogP contribution in [0.25, 0.3) is 10.9 Å². The van der Waals surface area contributed by atoms with Crippen LogP contribution in [0.1, 0.15) is 23.6 Å². The molecule has 0 aliphatic rings. The fourth-order valence-electron chi connectivity index (χ4n) is 3.65. The number of halogens is 2. The van der Waals surface area contributed by atoms with Crippen LogP contribution in [-0.4, -0.2) is 18.1 Å². The summed E-state index contributed by atoms with van der Waals surface area (Å²) < 4.78 is 11.8. The number of para-hydroxylation sites is 1. The molecule has 0 fully saturated rings. The molecule has 32 heavy (non-hydrogen) atoms. The highest BCUT2D eigenvalue weighted by atomic mass is 35.5. The third-order valence-corrected chi connectivity index (χ3v) is 6.04. The van der Waals surface area contributed by atoms with Crippen molar-refractivity contribution >= 4 is 34.1 Å². The summed E-state index contributed by atoms with van der Waals surface area (Å²) in [4.78, 5) is 3.32. The fourth-order valence-corrected chi connectivity index (χ4v) is 4.06. The van der Waals surface area contributed by atoms with Gasteiger partial charge in [-0.25, -0.2) is 0 Å². The molecule has 0 saturated heterocycles. The summed E-state index contributed by atoms with van der Waals surface area (Å²) in [5, 5.41) is 6.07. The maximum atomic E-state index is 6.56. The SMILES string of the molecule is CCOc1cc(CNCCc2c[nH]c3ccccc23)c(Cl)cc1OCc1ccccc1Cl. The van der Waals surface area contributed by atoms with Crippen LogP contribution in [0.4, 0.5) is 0 Å². The first-order valence-electron chi connectivity index (χ1n) is 10.7. The Hall–Kier alpha value is -2.66. The Bertz CT molecular complexity index is 1190. The molecule has 166 valence electrons. The van der Waals surface area contributed by atoms with Crippen LogP contribution >= 0.6 is 23.2 Å². The van der Waals surface area contributed by atoms with Gasteiger partial charge in [0.15, 0.2) is 11.5 Å². The summed E-state index contributed by atoms with van der Waals surface area (Å²) in [6, 6.07) is 19.7. The molecule has 0 aliphatic carbocycles. The monoisotopic (exact) mass is 468 g/mol. The number of aromatic amines is 1. The second kappa shape index (κ2) is 10.8. The van der Waals surface area contributed by atoms with E-state index in [1.165, 1.54) is 16.5 Å². The lowest BCUT2D eigenvalue weighted by Crippen LogP contribution is -2.17. The van der Waals surface area contributed by atoms with Gasteiger partial charge in [0.25, 0.3) is 0 Å². The van der Waals surface area contributed by atoms with E-state index in [-0.39, 0.29) is 0 Å². The number of hydrogen-bond acceptors (Lipinski definition) is 3. The molecular weight excluding hydrogens is 443 g/mol. The summed E-state index contributed by atoms with van der Waals surface area (Å²) in [7, 11) is 0. The number of benzene rings is 3.